The molecule has 1 N–H and O–H groups in total. The number of pyridine rings is 1. The van der Waals surface area contributed by atoms with Crippen molar-refractivity contribution in [3.63, 3.8) is 0 Å². The Hall–Kier alpha value is -0.0100. The molecule has 0 amide bonds. The summed E-state index contributed by atoms with van der Waals surface area (Å²) in [4.78, 5) is 3.51. The zero-order chi connectivity index (χ0) is 10.0. The van der Waals surface area contributed by atoms with Gasteiger partial charge in [-0.1, -0.05) is 11.6 Å². The smallest absolute Gasteiger partial charge is 0.281 e. The van der Waals surface area contributed by atoms with E-state index < -0.39 is 12.1 Å². The summed E-state index contributed by atoms with van der Waals surface area (Å²) in [5.74, 6) is 0. The Morgan fingerprint density at radius 1 is 1.62 bits per heavy atom. The van der Waals surface area contributed by atoms with Gasteiger partial charge in [-0.05, 0) is 28.7 Å². The fraction of sp³-hybridized carbons (Fsp3) is 0.286. The van der Waals surface area contributed by atoms with Crippen molar-refractivity contribution in [2.24, 2.45) is 0 Å². The highest BCUT2D eigenvalue weighted by Crippen LogP contribution is 2.29. The van der Waals surface area contributed by atoms with Crippen LogP contribution in [-0.2, 0) is 6.61 Å². The number of halogens is 4. The minimum Gasteiger partial charge on any atom is -0.390 e. The minimum atomic E-state index is -2.72. The maximum atomic E-state index is 12.3. The summed E-state index contributed by atoms with van der Waals surface area (Å²) in [7, 11) is 0. The second kappa shape index (κ2) is 4.47. The van der Waals surface area contributed by atoms with Crippen LogP contribution in [0.4, 0.5) is 8.78 Å². The van der Waals surface area contributed by atoms with Crippen LogP contribution in [0.5, 0.6) is 0 Å². The molecule has 0 aliphatic heterocycles. The van der Waals surface area contributed by atoms with Crippen LogP contribution in [0.15, 0.2) is 6.07 Å². The largest absolute Gasteiger partial charge is 0.390 e. The first kappa shape index (κ1) is 11.1. The van der Waals surface area contributed by atoms with Gasteiger partial charge in [-0.25, -0.2) is 13.8 Å². The lowest BCUT2D eigenvalue weighted by Crippen LogP contribution is -1.99. The van der Waals surface area contributed by atoms with Crippen LogP contribution in [-0.4, -0.2) is 10.1 Å². The van der Waals surface area contributed by atoms with E-state index in [1.165, 1.54) is 6.07 Å². The molecule has 1 aromatic rings. The van der Waals surface area contributed by atoms with Crippen LogP contribution in [0.3, 0.4) is 0 Å². The van der Waals surface area contributed by atoms with Gasteiger partial charge in [-0.2, -0.15) is 0 Å². The predicted octanol–water partition coefficient (Wildman–Crippen LogP) is 2.77. The van der Waals surface area contributed by atoms with Gasteiger partial charge in [-0.15, -0.1) is 0 Å². The number of aromatic nitrogens is 1. The minimum absolute atomic E-state index is 0.0483. The van der Waals surface area contributed by atoms with Crippen LogP contribution in [0, 0.1) is 3.57 Å². The number of alkyl halides is 2. The molecule has 13 heavy (non-hydrogen) atoms. The molecule has 6 heteroatoms. The summed E-state index contributed by atoms with van der Waals surface area (Å²) < 4.78 is 25.1. The molecule has 0 fully saturated rings. The second-order valence-electron chi connectivity index (χ2n) is 2.25. The van der Waals surface area contributed by atoms with Crippen LogP contribution in [0.2, 0.25) is 5.02 Å². The fourth-order valence-corrected chi connectivity index (χ4v) is 1.61. The zero-order valence-corrected chi connectivity index (χ0v) is 9.18. The number of hydrogen-bond donors (Lipinski definition) is 1. The van der Waals surface area contributed by atoms with Gasteiger partial charge in [0, 0.05) is 3.57 Å². The summed E-state index contributed by atoms with van der Waals surface area (Å²) in [6.45, 7) is -0.368. The Balaban J connectivity index is 3.25. The van der Waals surface area contributed by atoms with Crippen LogP contribution in [0.25, 0.3) is 0 Å². The number of nitrogens with zero attached hydrogens (tertiary/aromatic N) is 1. The molecule has 0 aliphatic rings. The molecule has 0 aromatic carbocycles. The molecule has 0 aliphatic carbocycles. The summed E-state index contributed by atoms with van der Waals surface area (Å²) in [6, 6.07) is 1.47. The van der Waals surface area contributed by atoms with Gasteiger partial charge in [-0.3, -0.25) is 0 Å². The Morgan fingerprint density at radius 2 is 2.23 bits per heavy atom. The van der Waals surface area contributed by atoms with Gasteiger partial charge in [0.25, 0.3) is 6.43 Å². The third kappa shape index (κ3) is 2.47. The lowest BCUT2D eigenvalue weighted by atomic mass is 10.3. The SMILES string of the molecule is OCc1cc(I)c(Cl)c(C(F)F)n1. The van der Waals surface area contributed by atoms with Gasteiger partial charge < -0.3 is 5.11 Å². The van der Waals surface area contributed by atoms with Crippen molar-refractivity contribution >= 4 is 34.2 Å². The van der Waals surface area contributed by atoms with E-state index in [-0.39, 0.29) is 17.3 Å². The maximum absolute atomic E-state index is 12.3. The topological polar surface area (TPSA) is 33.1 Å². The molecule has 0 saturated heterocycles. The number of aliphatic hydroxyl groups is 1. The van der Waals surface area contributed by atoms with E-state index in [2.05, 4.69) is 4.98 Å². The summed E-state index contributed by atoms with van der Waals surface area (Å²) in [6.07, 6.45) is -2.72. The molecule has 0 unspecified atom stereocenters. The number of rotatable bonds is 2. The summed E-state index contributed by atoms with van der Waals surface area (Å²) in [5.41, 5.74) is -0.276. The fourth-order valence-electron chi connectivity index (χ4n) is 0.794. The molecule has 0 spiro atoms. The van der Waals surface area contributed by atoms with Crippen molar-refractivity contribution < 1.29 is 13.9 Å². The van der Waals surface area contributed by atoms with E-state index in [1.54, 1.807) is 0 Å². The molecule has 72 valence electrons. The quantitative estimate of drug-likeness (QED) is 0.850. The summed E-state index contributed by atoms with van der Waals surface area (Å²) >= 11 is 7.40. The van der Waals surface area contributed by atoms with Crippen molar-refractivity contribution in [3.05, 3.63) is 26.0 Å². The van der Waals surface area contributed by atoms with Crippen molar-refractivity contribution in [2.45, 2.75) is 13.0 Å². The highest BCUT2D eigenvalue weighted by atomic mass is 127. The van der Waals surface area contributed by atoms with E-state index >= 15 is 0 Å². The third-order valence-electron chi connectivity index (χ3n) is 1.36. The van der Waals surface area contributed by atoms with E-state index in [9.17, 15) is 8.78 Å². The second-order valence-corrected chi connectivity index (χ2v) is 3.79. The maximum Gasteiger partial charge on any atom is 0.281 e. The van der Waals surface area contributed by atoms with Crippen molar-refractivity contribution in [1.82, 2.24) is 4.98 Å². The lowest BCUT2D eigenvalue weighted by Gasteiger charge is -2.06. The standard InChI is InChI=1S/C7H5ClF2INO/c8-5-4(11)1-3(2-13)12-6(5)7(9)10/h1,7,13H,2H2. The van der Waals surface area contributed by atoms with E-state index in [1.807, 2.05) is 22.6 Å². The van der Waals surface area contributed by atoms with Crippen molar-refractivity contribution in [3.8, 4) is 0 Å². The van der Waals surface area contributed by atoms with Gasteiger partial charge in [0.2, 0.25) is 0 Å². The van der Waals surface area contributed by atoms with Gasteiger partial charge in [0.15, 0.2) is 0 Å². The van der Waals surface area contributed by atoms with Gasteiger partial charge >= 0.3 is 0 Å². The van der Waals surface area contributed by atoms with Gasteiger partial charge in [0.1, 0.15) is 5.69 Å². The first-order chi connectivity index (χ1) is 6.06. The zero-order valence-electron chi connectivity index (χ0n) is 6.27. The number of hydrogen-bond acceptors (Lipinski definition) is 2. The first-order valence-electron chi connectivity index (χ1n) is 3.30. The average Bonchev–Trinajstić information content (AvgIpc) is 2.09. The molecule has 0 bridgehead atoms. The molecular formula is C7H5ClF2INO. The Labute approximate surface area is 92.1 Å². The van der Waals surface area contributed by atoms with Crippen LogP contribution in [0.1, 0.15) is 17.8 Å². The first-order valence-corrected chi connectivity index (χ1v) is 4.75. The van der Waals surface area contributed by atoms with E-state index in [0.29, 0.717) is 3.57 Å². The van der Waals surface area contributed by atoms with Crippen molar-refractivity contribution in [1.29, 1.82) is 0 Å². The normalized spacial score (nSPS) is 10.9. The monoisotopic (exact) mass is 319 g/mol. The Kier molecular flexibility index (Phi) is 3.81. The molecular weight excluding hydrogens is 314 g/mol. The van der Waals surface area contributed by atoms with Crippen LogP contribution >= 0.6 is 34.2 Å². The van der Waals surface area contributed by atoms with E-state index in [4.69, 9.17) is 16.7 Å². The average molecular weight is 319 g/mol. The molecule has 0 atom stereocenters. The predicted molar refractivity (Wildman–Crippen MR) is 52.8 cm³/mol. The highest BCUT2D eigenvalue weighted by molar-refractivity contribution is 14.1. The molecule has 0 radical (unpaired) electrons. The van der Waals surface area contributed by atoms with Crippen molar-refractivity contribution in [2.75, 3.05) is 0 Å². The molecule has 1 rings (SSSR count). The third-order valence-corrected chi connectivity index (χ3v) is 2.93. The Bertz CT molecular complexity index is 322. The lowest BCUT2D eigenvalue weighted by molar-refractivity contribution is 0.145. The highest BCUT2D eigenvalue weighted by Gasteiger charge is 2.17. The molecule has 1 aromatic heterocycles. The summed E-state index contributed by atoms with van der Waals surface area (Å²) in [5, 5.41) is 8.66. The molecule has 0 saturated carbocycles. The Morgan fingerprint density at radius 3 is 2.69 bits per heavy atom. The van der Waals surface area contributed by atoms with E-state index in [0.717, 1.165) is 0 Å². The molecule has 1 heterocycles. The molecule has 2 nitrogen and oxygen atoms in total. The number of aliphatic hydroxyl groups excluding tert-OH is 1. The van der Waals surface area contributed by atoms with Crippen LogP contribution < -0.4 is 0 Å². The van der Waals surface area contributed by atoms with Gasteiger partial charge in [0.05, 0.1) is 17.3 Å².